The Labute approximate surface area is 119 Å². The van der Waals surface area contributed by atoms with Gasteiger partial charge in [0.05, 0.1) is 19.4 Å². The Morgan fingerprint density at radius 3 is 2.45 bits per heavy atom. The Kier molecular flexibility index (Phi) is 4.71. The Hall–Kier alpha value is -2.36. The average molecular weight is 273 g/mol. The Bertz CT molecular complexity index is 569. The third kappa shape index (κ3) is 3.35. The summed E-state index contributed by atoms with van der Waals surface area (Å²) in [5.74, 6) is 2.59. The van der Waals surface area contributed by atoms with Gasteiger partial charge in [-0.1, -0.05) is 19.1 Å². The fourth-order valence-electron chi connectivity index (χ4n) is 1.71. The lowest BCUT2D eigenvalue weighted by Gasteiger charge is -2.13. The molecular formula is C16H19NO3. The molecule has 106 valence electrons. The van der Waals surface area contributed by atoms with Gasteiger partial charge in [0.2, 0.25) is 0 Å². The van der Waals surface area contributed by atoms with Crippen molar-refractivity contribution in [2.24, 2.45) is 0 Å². The van der Waals surface area contributed by atoms with Crippen LogP contribution in [0.5, 0.6) is 23.0 Å². The monoisotopic (exact) mass is 273 g/mol. The number of rotatable bonds is 6. The molecule has 0 radical (unpaired) electrons. The summed E-state index contributed by atoms with van der Waals surface area (Å²) in [4.78, 5) is 0. The van der Waals surface area contributed by atoms with E-state index in [1.165, 1.54) is 0 Å². The average Bonchev–Trinajstić information content (AvgIpc) is 2.48. The van der Waals surface area contributed by atoms with E-state index in [0.717, 1.165) is 6.42 Å². The molecule has 0 bridgehead atoms. The molecule has 0 atom stereocenters. The van der Waals surface area contributed by atoms with E-state index in [9.17, 15) is 0 Å². The van der Waals surface area contributed by atoms with Gasteiger partial charge in [0.25, 0.3) is 0 Å². The Balaban J connectivity index is 2.25. The van der Waals surface area contributed by atoms with Crippen LogP contribution in [0, 0.1) is 0 Å². The van der Waals surface area contributed by atoms with Crippen molar-refractivity contribution in [3.63, 3.8) is 0 Å². The number of anilines is 1. The summed E-state index contributed by atoms with van der Waals surface area (Å²) in [5.41, 5.74) is 6.47. The predicted molar refractivity (Wildman–Crippen MR) is 79.7 cm³/mol. The molecule has 0 unspecified atom stereocenters. The number of benzene rings is 2. The lowest BCUT2D eigenvalue weighted by atomic mass is 10.2. The summed E-state index contributed by atoms with van der Waals surface area (Å²) in [7, 11) is 1.60. The first kappa shape index (κ1) is 14.1. The normalized spacial score (nSPS) is 10.1. The van der Waals surface area contributed by atoms with Gasteiger partial charge >= 0.3 is 0 Å². The van der Waals surface area contributed by atoms with Gasteiger partial charge in [-0.15, -0.1) is 0 Å². The van der Waals surface area contributed by atoms with E-state index in [2.05, 4.69) is 6.92 Å². The van der Waals surface area contributed by atoms with Crippen LogP contribution in [0.4, 0.5) is 5.69 Å². The van der Waals surface area contributed by atoms with Gasteiger partial charge in [-0.2, -0.15) is 0 Å². The summed E-state index contributed by atoms with van der Waals surface area (Å²) in [6, 6.07) is 12.8. The van der Waals surface area contributed by atoms with E-state index in [1.54, 1.807) is 25.3 Å². The first-order valence-electron chi connectivity index (χ1n) is 6.57. The van der Waals surface area contributed by atoms with Crippen LogP contribution in [-0.4, -0.2) is 13.7 Å². The lowest BCUT2D eigenvalue weighted by Crippen LogP contribution is -1.98. The van der Waals surface area contributed by atoms with Gasteiger partial charge in [-0.3, -0.25) is 0 Å². The standard InChI is InChI=1S/C16H19NO3/c1-3-10-19-14-6-4-5-7-15(14)20-16-11-12(18-2)8-9-13(16)17/h4-9,11H,3,10,17H2,1-2H3. The molecule has 4 nitrogen and oxygen atoms in total. The second kappa shape index (κ2) is 6.70. The summed E-state index contributed by atoms with van der Waals surface area (Å²) in [5, 5.41) is 0. The highest BCUT2D eigenvalue weighted by molar-refractivity contribution is 5.58. The number of ether oxygens (including phenoxy) is 3. The smallest absolute Gasteiger partial charge is 0.169 e. The van der Waals surface area contributed by atoms with Crippen LogP contribution >= 0.6 is 0 Å². The second-order valence-electron chi connectivity index (χ2n) is 4.30. The number of hydrogen-bond donors (Lipinski definition) is 1. The number of hydrogen-bond acceptors (Lipinski definition) is 4. The minimum absolute atomic E-state index is 0.552. The van der Waals surface area contributed by atoms with Crippen molar-refractivity contribution in [1.29, 1.82) is 0 Å². The molecule has 0 spiro atoms. The van der Waals surface area contributed by atoms with E-state index in [1.807, 2.05) is 24.3 Å². The molecule has 2 aromatic carbocycles. The largest absolute Gasteiger partial charge is 0.497 e. The third-order valence-corrected chi connectivity index (χ3v) is 2.75. The maximum Gasteiger partial charge on any atom is 0.169 e. The highest BCUT2D eigenvalue weighted by Crippen LogP contribution is 2.35. The number of para-hydroxylation sites is 2. The summed E-state index contributed by atoms with van der Waals surface area (Å²) in [6.45, 7) is 2.71. The molecule has 0 fully saturated rings. The highest BCUT2D eigenvalue weighted by Gasteiger charge is 2.09. The topological polar surface area (TPSA) is 53.7 Å². The molecule has 0 aliphatic carbocycles. The van der Waals surface area contributed by atoms with Crippen molar-refractivity contribution in [3.05, 3.63) is 42.5 Å². The van der Waals surface area contributed by atoms with Crippen molar-refractivity contribution < 1.29 is 14.2 Å². The first-order chi connectivity index (χ1) is 9.74. The molecule has 2 N–H and O–H groups in total. The molecule has 0 aliphatic rings. The van der Waals surface area contributed by atoms with Crippen molar-refractivity contribution in [1.82, 2.24) is 0 Å². The van der Waals surface area contributed by atoms with Crippen molar-refractivity contribution in [2.75, 3.05) is 19.5 Å². The van der Waals surface area contributed by atoms with Crippen LogP contribution in [0.15, 0.2) is 42.5 Å². The van der Waals surface area contributed by atoms with Crippen molar-refractivity contribution >= 4 is 5.69 Å². The van der Waals surface area contributed by atoms with Crippen LogP contribution in [0.25, 0.3) is 0 Å². The molecule has 0 saturated heterocycles. The number of nitrogen functional groups attached to an aromatic ring is 1. The van der Waals surface area contributed by atoms with Gasteiger partial charge in [-0.05, 0) is 30.7 Å². The number of methoxy groups -OCH3 is 1. The molecule has 0 aliphatic heterocycles. The van der Waals surface area contributed by atoms with E-state index in [0.29, 0.717) is 35.3 Å². The highest BCUT2D eigenvalue weighted by atomic mass is 16.5. The van der Waals surface area contributed by atoms with E-state index >= 15 is 0 Å². The van der Waals surface area contributed by atoms with Crippen LogP contribution in [-0.2, 0) is 0 Å². The van der Waals surface area contributed by atoms with Crippen LogP contribution in [0.2, 0.25) is 0 Å². The maximum atomic E-state index is 5.92. The van der Waals surface area contributed by atoms with Crippen LogP contribution in [0.3, 0.4) is 0 Å². The van der Waals surface area contributed by atoms with E-state index in [-0.39, 0.29) is 0 Å². The molecule has 2 rings (SSSR count). The zero-order chi connectivity index (χ0) is 14.4. The fraction of sp³-hybridized carbons (Fsp3) is 0.250. The Morgan fingerprint density at radius 2 is 1.75 bits per heavy atom. The van der Waals surface area contributed by atoms with E-state index in [4.69, 9.17) is 19.9 Å². The zero-order valence-corrected chi connectivity index (χ0v) is 11.8. The molecule has 0 aromatic heterocycles. The van der Waals surface area contributed by atoms with Gasteiger partial charge in [-0.25, -0.2) is 0 Å². The summed E-state index contributed by atoms with van der Waals surface area (Å²) < 4.78 is 16.7. The zero-order valence-electron chi connectivity index (χ0n) is 11.8. The van der Waals surface area contributed by atoms with Crippen LogP contribution in [0.1, 0.15) is 13.3 Å². The SMILES string of the molecule is CCCOc1ccccc1Oc1cc(OC)ccc1N. The summed E-state index contributed by atoms with van der Waals surface area (Å²) in [6.07, 6.45) is 0.940. The molecule has 0 amide bonds. The van der Waals surface area contributed by atoms with Gasteiger partial charge in [0.1, 0.15) is 5.75 Å². The molecule has 2 aromatic rings. The molecular weight excluding hydrogens is 254 g/mol. The minimum atomic E-state index is 0.552. The van der Waals surface area contributed by atoms with Gasteiger partial charge in [0, 0.05) is 6.07 Å². The minimum Gasteiger partial charge on any atom is -0.497 e. The third-order valence-electron chi connectivity index (χ3n) is 2.75. The Morgan fingerprint density at radius 1 is 1.00 bits per heavy atom. The molecule has 0 heterocycles. The van der Waals surface area contributed by atoms with Gasteiger partial charge < -0.3 is 19.9 Å². The van der Waals surface area contributed by atoms with Crippen LogP contribution < -0.4 is 19.9 Å². The summed E-state index contributed by atoms with van der Waals surface area (Å²) >= 11 is 0. The second-order valence-corrected chi connectivity index (χ2v) is 4.30. The molecule has 4 heteroatoms. The molecule has 0 saturated carbocycles. The first-order valence-corrected chi connectivity index (χ1v) is 6.57. The maximum absolute atomic E-state index is 5.92. The quantitative estimate of drug-likeness (QED) is 0.812. The lowest BCUT2D eigenvalue weighted by molar-refractivity contribution is 0.302. The van der Waals surface area contributed by atoms with Gasteiger partial charge in [0.15, 0.2) is 17.2 Å². The number of nitrogens with two attached hydrogens (primary N) is 1. The van der Waals surface area contributed by atoms with Crippen molar-refractivity contribution in [3.8, 4) is 23.0 Å². The fourth-order valence-corrected chi connectivity index (χ4v) is 1.71. The molecule has 20 heavy (non-hydrogen) atoms. The van der Waals surface area contributed by atoms with Crippen molar-refractivity contribution in [2.45, 2.75) is 13.3 Å². The predicted octanol–water partition coefficient (Wildman–Crippen LogP) is 3.86. The van der Waals surface area contributed by atoms with E-state index < -0.39 is 0 Å².